The molecule has 2 N–H and O–H groups in total. The van der Waals surface area contributed by atoms with Gasteiger partial charge in [0.1, 0.15) is 30.5 Å². The molecule has 0 aliphatic carbocycles. The van der Waals surface area contributed by atoms with Crippen molar-refractivity contribution in [2.75, 3.05) is 6.54 Å². The maximum Gasteiger partial charge on any atom is 0.417 e. The smallest absolute Gasteiger partial charge is 0.417 e. The number of carbonyl (C=O) groups is 4. The summed E-state index contributed by atoms with van der Waals surface area (Å²) in [5.74, 6) is -0.832. The van der Waals surface area contributed by atoms with Gasteiger partial charge < -0.3 is 24.3 Å². The summed E-state index contributed by atoms with van der Waals surface area (Å²) >= 11 is 0. The van der Waals surface area contributed by atoms with Gasteiger partial charge in [0.25, 0.3) is 0 Å². The van der Waals surface area contributed by atoms with Gasteiger partial charge in [-0.25, -0.2) is 24.1 Å². The highest BCUT2D eigenvalue weighted by Gasteiger charge is 2.40. The van der Waals surface area contributed by atoms with E-state index in [2.05, 4.69) is 15.6 Å². The minimum Gasteiger partial charge on any atom is -0.458 e. The molecule has 0 aromatic heterocycles. The summed E-state index contributed by atoms with van der Waals surface area (Å²) in [6.45, 7) is 10.1. The standard InChI is InChI=1S/C31H40N4O8/c1-30(2,3)42-25(36)24(33-28(38)43-31(4,5)6)17-23-18-32-26(34-27(37)40-19-21-13-9-7-10-14-21)35(23)29(39)41-20-22-15-11-8-12-16-22/h7-16,23-24H,17-20H2,1-6H3,(H,33,38)(H,32,34,37)/t23-,24+/m1/s1. The van der Waals surface area contributed by atoms with E-state index in [9.17, 15) is 19.2 Å². The van der Waals surface area contributed by atoms with Crippen LogP contribution in [0.5, 0.6) is 0 Å². The highest BCUT2D eigenvalue weighted by Crippen LogP contribution is 2.20. The molecule has 1 heterocycles. The third kappa shape index (κ3) is 11.3. The van der Waals surface area contributed by atoms with E-state index in [1.165, 1.54) is 0 Å². The Morgan fingerprint density at radius 1 is 0.814 bits per heavy atom. The molecule has 0 fully saturated rings. The van der Waals surface area contributed by atoms with Crippen LogP contribution in [-0.2, 0) is 37.0 Å². The summed E-state index contributed by atoms with van der Waals surface area (Å²) in [5, 5.41) is 5.06. The fourth-order valence-electron chi connectivity index (χ4n) is 3.99. The molecule has 2 aromatic rings. The number of aliphatic imine (C=N–C) groups is 1. The molecule has 3 rings (SSSR count). The fraction of sp³-hybridized carbons (Fsp3) is 0.452. The van der Waals surface area contributed by atoms with Crippen LogP contribution in [0, 0.1) is 0 Å². The molecule has 0 radical (unpaired) electrons. The zero-order valence-corrected chi connectivity index (χ0v) is 25.4. The lowest BCUT2D eigenvalue weighted by molar-refractivity contribution is -0.158. The van der Waals surface area contributed by atoms with Crippen LogP contribution in [-0.4, -0.2) is 64.9 Å². The first kappa shape index (κ1) is 32.9. The van der Waals surface area contributed by atoms with Crippen molar-refractivity contribution in [2.24, 2.45) is 4.99 Å². The molecule has 0 saturated carbocycles. The largest absolute Gasteiger partial charge is 0.458 e. The molecule has 2 atom stereocenters. The zero-order chi connectivity index (χ0) is 31.6. The number of rotatable bonds is 8. The highest BCUT2D eigenvalue weighted by molar-refractivity contribution is 6.02. The van der Waals surface area contributed by atoms with E-state index < -0.39 is 47.5 Å². The molecule has 1 aliphatic heterocycles. The van der Waals surface area contributed by atoms with Gasteiger partial charge in [0, 0.05) is 6.42 Å². The second kappa shape index (κ2) is 14.5. The zero-order valence-electron chi connectivity index (χ0n) is 25.4. The van der Waals surface area contributed by atoms with Crippen molar-refractivity contribution in [3.8, 4) is 0 Å². The molecule has 0 bridgehead atoms. The van der Waals surface area contributed by atoms with E-state index in [1.54, 1.807) is 65.8 Å². The molecular weight excluding hydrogens is 556 g/mol. The molecule has 0 unspecified atom stereocenters. The van der Waals surface area contributed by atoms with Crippen molar-refractivity contribution < 1.29 is 38.1 Å². The molecular formula is C31H40N4O8. The number of guanidine groups is 1. The van der Waals surface area contributed by atoms with E-state index >= 15 is 0 Å². The Morgan fingerprint density at radius 2 is 1.35 bits per heavy atom. The van der Waals surface area contributed by atoms with Crippen LogP contribution < -0.4 is 10.6 Å². The number of esters is 1. The van der Waals surface area contributed by atoms with Crippen LogP contribution in [0.1, 0.15) is 59.1 Å². The van der Waals surface area contributed by atoms with Crippen LogP contribution in [0.4, 0.5) is 14.4 Å². The molecule has 43 heavy (non-hydrogen) atoms. The fourth-order valence-corrected chi connectivity index (χ4v) is 3.99. The number of nitrogens with zero attached hydrogens (tertiary/aromatic N) is 2. The number of hydrogen-bond donors (Lipinski definition) is 2. The average Bonchev–Trinajstić information content (AvgIpc) is 3.31. The van der Waals surface area contributed by atoms with Crippen molar-refractivity contribution in [3.05, 3.63) is 71.8 Å². The molecule has 0 saturated heterocycles. The topological polar surface area (TPSA) is 145 Å². The average molecular weight is 597 g/mol. The maximum atomic E-state index is 13.4. The predicted octanol–water partition coefficient (Wildman–Crippen LogP) is 4.91. The van der Waals surface area contributed by atoms with E-state index in [0.717, 1.165) is 16.0 Å². The first-order valence-electron chi connectivity index (χ1n) is 13.9. The molecule has 3 amide bonds. The van der Waals surface area contributed by atoms with E-state index in [1.807, 2.05) is 36.4 Å². The Bertz CT molecular complexity index is 1290. The van der Waals surface area contributed by atoms with Gasteiger partial charge in [0.2, 0.25) is 5.96 Å². The monoisotopic (exact) mass is 596 g/mol. The summed E-state index contributed by atoms with van der Waals surface area (Å²) < 4.78 is 21.7. The first-order valence-corrected chi connectivity index (χ1v) is 13.9. The summed E-state index contributed by atoms with van der Waals surface area (Å²) in [7, 11) is 0. The van der Waals surface area contributed by atoms with Gasteiger partial charge >= 0.3 is 24.2 Å². The highest BCUT2D eigenvalue weighted by atomic mass is 16.6. The van der Waals surface area contributed by atoms with Gasteiger partial charge in [-0.15, -0.1) is 0 Å². The Hall–Kier alpha value is -4.61. The number of nitrogens with one attached hydrogen (secondary N) is 2. The Balaban J connectivity index is 1.78. The van der Waals surface area contributed by atoms with Crippen LogP contribution in [0.2, 0.25) is 0 Å². The second-order valence-corrected chi connectivity index (χ2v) is 11.9. The number of alkyl carbamates (subject to hydrolysis) is 2. The molecule has 12 heteroatoms. The third-order valence-corrected chi connectivity index (χ3v) is 5.76. The summed E-state index contributed by atoms with van der Waals surface area (Å²) in [4.78, 5) is 57.3. The number of hydrogen-bond acceptors (Lipinski definition) is 9. The Morgan fingerprint density at radius 3 is 1.88 bits per heavy atom. The SMILES string of the molecule is CC(C)(C)OC(=O)N[C@@H](C[C@@H]1CN=C(NC(=O)OCc2ccccc2)N1C(=O)OCc1ccccc1)C(=O)OC(C)(C)C. The van der Waals surface area contributed by atoms with Gasteiger partial charge in [0.05, 0.1) is 12.6 Å². The number of carbonyl (C=O) groups excluding carboxylic acids is 4. The van der Waals surface area contributed by atoms with Crippen LogP contribution in [0.3, 0.4) is 0 Å². The molecule has 232 valence electrons. The minimum absolute atomic E-state index is 0.00234. The van der Waals surface area contributed by atoms with Crippen molar-refractivity contribution in [1.82, 2.24) is 15.5 Å². The van der Waals surface area contributed by atoms with Gasteiger partial charge in [0.15, 0.2) is 0 Å². The van der Waals surface area contributed by atoms with E-state index in [4.69, 9.17) is 18.9 Å². The summed E-state index contributed by atoms with van der Waals surface area (Å²) in [6.07, 6.45) is -2.58. The van der Waals surface area contributed by atoms with Gasteiger partial charge in [-0.3, -0.25) is 10.3 Å². The van der Waals surface area contributed by atoms with E-state index in [-0.39, 0.29) is 32.1 Å². The van der Waals surface area contributed by atoms with Crippen LogP contribution >= 0.6 is 0 Å². The lowest BCUT2D eigenvalue weighted by Gasteiger charge is -2.30. The normalized spacial score (nSPS) is 15.5. The van der Waals surface area contributed by atoms with Gasteiger partial charge in [-0.05, 0) is 52.7 Å². The van der Waals surface area contributed by atoms with Crippen molar-refractivity contribution in [1.29, 1.82) is 0 Å². The predicted molar refractivity (Wildman–Crippen MR) is 158 cm³/mol. The quantitative estimate of drug-likeness (QED) is 0.323. The van der Waals surface area contributed by atoms with Crippen LogP contribution in [0.25, 0.3) is 0 Å². The van der Waals surface area contributed by atoms with Gasteiger partial charge in [-0.1, -0.05) is 60.7 Å². The summed E-state index contributed by atoms with van der Waals surface area (Å²) in [5.41, 5.74) is -0.139. The minimum atomic E-state index is -1.21. The Labute approximate surface area is 251 Å². The summed E-state index contributed by atoms with van der Waals surface area (Å²) in [6, 6.07) is 16.2. The Kier molecular flexibility index (Phi) is 11.1. The van der Waals surface area contributed by atoms with Crippen molar-refractivity contribution in [3.63, 3.8) is 0 Å². The lowest BCUT2D eigenvalue weighted by atomic mass is 10.1. The third-order valence-electron chi connectivity index (χ3n) is 5.76. The molecule has 2 aromatic carbocycles. The second-order valence-electron chi connectivity index (χ2n) is 11.9. The molecule has 12 nitrogen and oxygen atoms in total. The molecule has 0 spiro atoms. The van der Waals surface area contributed by atoms with Crippen molar-refractivity contribution >= 4 is 30.2 Å². The number of amides is 3. The van der Waals surface area contributed by atoms with Crippen molar-refractivity contribution in [2.45, 2.75) is 84.5 Å². The first-order chi connectivity index (χ1) is 20.2. The van der Waals surface area contributed by atoms with E-state index in [0.29, 0.717) is 0 Å². The molecule has 1 aliphatic rings. The van der Waals surface area contributed by atoms with Gasteiger partial charge in [-0.2, -0.15) is 0 Å². The van der Waals surface area contributed by atoms with Crippen LogP contribution in [0.15, 0.2) is 65.7 Å². The lowest BCUT2D eigenvalue weighted by Crippen LogP contribution is -2.53. The number of ether oxygens (including phenoxy) is 4. The number of benzene rings is 2. The maximum absolute atomic E-state index is 13.4.